The minimum atomic E-state index is 0. The number of nitrogens with two attached hydrogens (primary N) is 1. The van der Waals surface area contributed by atoms with Crippen molar-refractivity contribution in [2.24, 2.45) is 0 Å². The maximum absolute atomic E-state index is 6.06. The zero-order valence-electron chi connectivity index (χ0n) is 18.8. The Morgan fingerprint density at radius 1 is 1.13 bits per heavy atom. The average Bonchev–Trinajstić information content (AvgIpc) is 2.76. The summed E-state index contributed by atoms with van der Waals surface area (Å²) in [6, 6.07) is 9.86. The van der Waals surface area contributed by atoms with E-state index in [4.69, 9.17) is 15.5 Å². The first-order valence-corrected chi connectivity index (χ1v) is 10.6. The van der Waals surface area contributed by atoms with Crippen LogP contribution in [0, 0.1) is 0 Å². The summed E-state index contributed by atoms with van der Waals surface area (Å²) in [6.07, 6.45) is 3.98. The van der Waals surface area contributed by atoms with Crippen LogP contribution in [0.3, 0.4) is 0 Å². The summed E-state index contributed by atoms with van der Waals surface area (Å²) in [5.41, 5.74) is 9.92. The molecule has 0 spiro atoms. The van der Waals surface area contributed by atoms with Crippen LogP contribution in [0.2, 0.25) is 0 Å². The molecule has 8 heteroatoms. The van der Waals surface area contributed by atoms with E-state index in [9.17, 15) is 0 Å². The van der Waals surface area contributed by atoms with Gasteiger partial charge in [-0.2, -0.15) is 0 Å². The molecule has 168 valence electrons. The number of fused-ring (bicyclic) bond motifs is 1. The fraction of sp³-hybridized carbons (Fsp3) is 0.435. The van der Waals surface area contributed by atoms with E-state index in [0.717, 1.165) is 60.7 Å². The van der Waals surface area contributed by atoms with Crippen LogP contribution in [0.15, 0.2) is 36.5 Å². The summed E-state index contributed by atoms with van der Waals surface area (Å²) in [5.74, 6) is 1.23. The fourth-order valence-corrected chi connectivity index (χ4v) is 3.53. The first-order chi connectivity index (χ1) is 14.5. The van der Waals surface area contributed by atoms with Crippen LogP contribution in [0.1, 0.15) is 33.6 Å². The van der Waals surface area contributed by atoms with Gasteiger partial charge in [-0.05, 0) is 63.7 Å². The molecule has 0 fully saturated rings. The number of nitrogens with one attached hydrogen (secondary N) is 1. The highest BCUT2D eigenvalue weighted by Gasteiger charge is 2.12. The van der Waals surface area contributed by atoms with Gasteiger partial charge in [0.05, 0.1) is 24.7 Å². The van der Waals surface area contributed by atoms with Crippen molar-refractivity contribution in [3.8, 4) is 17.0 Å². The van der Waals surface area contributed by atoms with E-state index < -0.39 is 0 Å². The van der Waals surface area contributed by atoms with Gasteiger partial charge in [-0.15, -0.1) is 12.4 Å². The predicted octanol–water partition coefficient (Wildman–Crippen LogP) is 4.63. The molecule has 0 saturated heterocycles. The van der Waals surface area contributed by atoms with Crippen molar-refractivity contribution in [1.29, 1.82) is 0 Å². The highest BCUT2D eigenvalue weighted by molar-refractivity contribution is 5.88. The first-order valence-electron chi connectivity index (χ1n) is 10.6. The standard InChI is InChI=1S/C23H32N6O.ClH/c1-5-29(6-2)13-7-8-16(3)26-19-14-21(24)28-23-22(19)25-15-20(27-23)17-9-11-18(30-4)12-10-17;/h9-12,14-16H,5-8,13H2,1-4H3,(H3,24,26,27,28);1H. The minimum absolute atomic E-state index is 0. The number of nitrogens with zero attached hydrogens (tertiary/aromatic N) is 4. The zero-order chi connectivity index (χ0) is 21.5. The molecule has 1 unspecified atom stereocenters. The molecule has 0 aliphatic rings. The van der Waals surface area contributed by atoms with Crippen molar-refractivity contribution in [3.05, 3.63) is 36.5 Å². The number of pyridine rings is 1. The molecule has 0 bridgehead atoms. The lowest BCUT2D eigenvalue weighted by Crippen LogP contribution is -2.25. The lowest BCUT2D eigenvalue weighted by Gasteiger charge is -2.20. The summed E-state index contributed by atoms with van der Waals surface area (Å²) in [6.45, 7) is 9.89. The molecular formula is C23H33ClN6O. The SMILES string of the molecule is CCN(CC)CCCC(C)Nc1cc(N)nc2nc(-c3ccc(OC)cc3)cnc12.Cl. The Labute approximate surface area is 190 Å². The summed E-state index contributed by atoms with van der Waals surface area (Å²) in [5, 5.41) is 3.55. The summed E-state index contributed by atoms with van der Waals surface area (Å²) in [4.78, 5) is 16.2. The molecule has 0 amide bonds. The number of anilines is 2. The molecule has 0 aliphatic heterocycles. The van der Waals surface area contributed by atoms with Gasteiger partial charge in [0, 0.05) is 17.7 Å². The number of rotatable bonds is 10. The van der Waals surface area contributed by atoms with Gasteiger partial charge in [0.2, 0.25) is 0 Å². The van der Waals surface area contributed by atoms with Gasteiger partial charge in [-0.1, -0.05) is 13.8 Å². The number of methoxy groups -OCH3 is 1. The fourth-order valence-electron chi connectivity index (χ4n) is 3.53. The summed E-state index contributed by atoms with van der Waals surface area (Å²) in [7, 11) is 1.65. The second-order valence-electron chi connectivity index (χ2n) is 7.47. The number of aromatic nitrogens is 3. The lowest BCUT2D eigenvalue weighted by molar-refractivity contribution is 0.295. The second-order valence-corrected chi connectivity index (χ2v) is 7.47. The van der Waals surface area contributed by atoms with E-state index in [1.54, 1.807) is 13.3 Å². The monoisotopic (exact) mass is 444 g/mol. The Bertz CT molecular complexity index is 962. The van der Waals surface area contributed by atoms with Crippen LogP contribution < -0.4 is 15.8 Å². The Kier molecular flexibility index (Phi) is 9.27. The summed E-state index contributed by atoms with van der Waals surface area (Å²) < 4.78 is 5.22. The molecule has 1 atom stereocenters. The molecule has 2 aromatic heterocycles. The normalized spacial score (nSPS) is 11.9. The summed E-state index contributed by atoms with van der Waals surface area (Å²) >= 11 is 0. The van der Waals surface area contributed by atoms with E-state index in [2.05, 4.69) is 41.0 Å². The first kappa shape index (κ1) is 24.6. The molecule has 31 heavy (non-hydrogen) atoms. The minimum Gasteiger partial charge on any atom is -0.497 e. The topological polar surface area (TPSA) is 89.2 Å². The molecular weight excluding hydrogens is 412 g/mol. The number of benzene rings is 1. The Morgan fingerprint density at radius 3 is 2.48 bits per heavy atom. The van der Waals surface area contributed by atoms with Crippen molar-refractivity contribution in [3.63, 3.8) is 0 Å². The van der Waals surface area contributed by atoms with Crippen LogP contribution in [0.5, 0.6) is 5.75 Å². The quantitative estimate of drug-likeness (QED) is 0.471. The van der Waals surface area contributed by atoms with Gasteiger partial charge in [0.1, 0.15) is 17.1 Å². The molecule has 3 aromatic rings. The van der Waals surface area contributed by atoms with E-state index in [-0.39, 0.29) is 12.4 Å². The maximum atomic E-state index is 6.06. The third kappa shape index (κ3) is 6.42. The van der Waals surface area contributed by atoms with Crippen molar-refractivity contribution in [2.45, 2.75) is 39.7 Å². The van der Waals surface area contributed by atoms with Gasteiger partial charge in [-0.3, -0.25) is 0 Å². The van der Waals surface area contributed by atoms with E-state index in [0.29, 0.717) is 17.5 Å². The van der Waals surface area contributed by atoms with Crippen LogP contribution in [-0.2, 0) is 0 Å². The number of halogens is 1. The lowest BCUT2D eigenvalue weighted by atomic mass is 10.1. The third-order valence-electron chi connectivity index (χ3n) is 5.33. The van der Waals surface area contributed by atoms with Gasteiger partial charge in [-0.25, -0.2) is 15.0 Å². The van der Waals surface area contributed by atoms with Gasteiger partial charge in [0.25, 0.3) is 0 Å². The van der Waals surface area contributed by atoms with E-state index in [1.807, 2.05) is 30.3 Å². The number of hydrogen-bond acceptors (Lipinski definition) is 7. The molecule has 0 radical (unpaired) electrons. The second kappa shape index (κ2) is 11.7. The molecule has 7 nitrogen and oxygen atoms in total. The zero-order valence-corrected chi connectivity index (χ0v) is 19.6. The molecule has 0 aliphatic carbocycles. The van der Waals surface area contributed by atoms with Crippen LogP contribution in [0.4, 0.5) is 11.5 Å². The number of hydrogen-bond donors (Lipinski definition) is 2. The van der Waals surface area contributed by atoms with Gasteiger partial charge in [0.15, 0.2) is 5.65 Å². The molecule has 1 aromatic carbocycles. The Morgan fingerprint density at radius 2 is 1.84 bits per heavy atom. The smallest absolute Gasteiger partial charge is 0.182 e. The van der Waals surface area contributed by atoms with Crippen LogP contribution >= 0.6 is 12.4 Å². The molecule has 0 saturated carbocycles. The average molecular weight is 445 g/mol. The van der Waals surface area contributed by atoms with E-state index in [1.165, 1.54) is 0 Å². The van der Waals surface area contributed by atoms with Gasteiger partial charge < -0.3 is 20.7 Å². The highest BCUT2D eigenvalue weighted by Crippen LogP contribution is 2.26. The van der Waals surface area contributed by atoms with Crippen LogP contribution in [0.25, 0.3) is 22.4 Å². The molecule has 2 heterocycles. The third-order valence-corrected chi connectivity index (χ3v) is 5.33. The van der Waals surface area contributed by atoms with Crippen molar-refractivity contribution in [2.75, 3.05) is 37.8 Å². The predicted molar refractivity (Wildman–Crippen MR) is 131 cm³/mol. The van der Waals surface area contributed by atoms with Crippen molar-refractivity contribution < 1.29 is 4.74 Å². The molecule has 3 N–H and O–H groups in total. The largest absolute Gasteiger partial charge is 0.497 e. The van der Waals surface area contributed by atoms with Crippen LogP contribution in [-0.4, -0.2) is 52.6 Å². The van der Waals surface area contributed by atoms with Gasteiger partial charge >= 0.3 is 0 Å². The molecule has 3 rings (SSSR count). The Hall–Kier alpha value is -2.64. The van der Waals surface area contributed by atoms with Crippen molar-refractivity contribution >= 4 is 35.1 Å². The van der Waals surface area contributed by atoms with E-state index >= 15 is 0 Å². The number of nitrogen functional groups attached to an aromatic ring is 1. The highest BCUT2D eigenvalue weighted by atomic mass is 35.5. The number of ether oxygens (including phenoxy) is 1. The van der Waals surface area contributed by atoms with Crippen molar-refractivity contribution in [1.82, 2.24) is 19.9 Å². The maximum Gasteiger partial charge on any atom is 0.182 e. The Balaban J connectivity index is 0.00000341.